The summed E-state index contributed by atoms with van der Waals surface area (Å²) in [5.74, 6) is 0.766. The number of amides is 2. The summed E-state index contributed by atoms with van der Waals surface area (Å²) in [7, 11) is -2.00. The van der Waals surface area contributed by atoms with Crippen molar-refractivity contribution < 1.29 is 17.9 Å². The molecule has 1 saturated heterocycles. The van der Waals surface area contributed by atoms with Crippen LogP contribution in [0.2, 0.25) is 0 Å². The lowest BCUT2D eigenvalue weighted by molar-refractivity contribution is 0.200. The van der Waals surface area contributed by atoms with Crippen LogP contribution in [0.1, 0.15) is 24.8 Å². The first kappa shape index (κ1) is 21.1. The number of benzene rings is 2. The van der Waals surface area contributed by atoms with E-state index in [0.717, 1.165) is 43.7 Å². The monoisotopic (exact) mass is 417 g/mol. The maximum absolute atomic E-state index is 12.5. The number of sulfonamides is 1. The molecule has 2 aromatic carbocycles. The molecule has 1 fully saturated rings. The number of ether oxygens (including phenoxy) is 1. The molecule has 1 aliphatic heterocycles. The predicted octanol–water partition coefficient (Wildman–Crippen LogP) is 3.23. The van der Waals surface area contributed by atoms with Crippen LogP contribution in [-0.4, -0.2) is 46.1 Å². The van der Waals surface area contributed by atoms with Crippen LogP contribution in [-0.2, 0) is 16.4 Å². The third-order valence-electron chi connectivity index (χ3n) is 4.92. The molecule has 0 bridgehead atoms. The molecule has 156 valence electrons. The highest BCUT2D eigenvalue weighted by Crippen LogP contribution is 2.16. The fourth-order valence-corrected chi connectivity index (χ4v) is 4.25. The molecule has 0 aromatic heterocycles. The summed E-state index contributed by atoms with van der Waals surface area (Å²) in [6.45, 7) is 1.81. The summed E-state index contributed by atoms with van der Waals surface area (Å²) < 4.78 is 32.7. The van der Waals surface area contributed by atoms with Gasteiger partial charge in [-0.05, 0) is 67.6 Å². The lowest BCUT2D eigenvalue weighted by atomic mass is 10.1. The second kappa shape index (κ2) is 9.76. The molecule has 2 N–H and O–H groups in total. The molecule has 29 heavy (non-hydrogen) atoms. The molecular formula is C21H27N3O4S. The van der Waals surface area contributed by atoms with E-state index in [1.54, 1.807) is 24.1 Å². The van der Waals surface area contributed by atoms with Crippen LogP contribution >= 0.6 is 0 Å². The molecule has 0 aliphatic carbocycles. The summed E-state index contributed by atoms with van der Waals surface area (Å²) in [5, 5.41) is 2.83. The van der Waals surface area contributed by atoms with E-state index in [1.807, 2.05) is 24.3 Å². The van der Waals surface area contributed by atoms with Crippen molar-refractivity contribution in [3.05, 3.63) is 54.1 Å². The molecule has 0 radical (unpaired) electrons. The molecule has 8 heteroatoms. The maximum Gasteiger partial charge on any atom is 0.321 e. The molecule has 0 atom stereocenters. The highest BCUT2D eigenvalue weighted by molar-refractivity contribution is 7.89. The van der Waals surface area contributed by atoms with E-state index in [9.17, 15) is 13.2 Å². The molecule has 2 amide bonds. The van der Waals surface area contributed by atoms with Crippen molar-refractivity contribution in [3.8, 4) is 5.75 Å². The normalized spacial score (nSPS) is 14.4. The molecule has 7 nitrogen and oxygen atoms in total. The number of carbonyl (C=O) groups excluding carboxylic acids is 1. The molecule has 2 aromatic rings. The minimum Gasteiger partial charge on any atom is -0.497 e. The number of urea groups is 1. The summed E-state index contributed by atoms with van der Waals surface area (Å²) in [5.41, 5.74) is 1.60. The summed E-state index contributed by atoms with van der Waals surface area (Å²) >= 11 is 0. The van der Waals surface area contributed by atoms with Crippen LogP contribution in [0.15, 0.2) is 53.4 Å². The average molecular weight is 418 g/mol. The van der Waals surface area contributed by atoms with Gasteiger partial charge in [0.25, 0.3) is 0 Å². The number of nitrogens with zero attached hydrogens (tertiary/aromatic N) is 1. The second-order valence-corrected chi connectivity index (χ2v) is 8.77. The third-order valence-corrected chi connectivity index (χ3v) is 6.40. The number of nitrogens with one attached hydrogen (secondary N) is 2. The number of likely N-dealkylation sites (tertiary alicyclic amines) is 1. The van der Waals surface area contributed by atoms with Gasteiger partial charge in [-0.2, -0.15) is 0 Å². The number of rotatable bonds is 7. The number of hydrogen-bond acceptors (Lipinski definition) is 4. The fourth-order valence-electron chi connectivity index (χ4n) is 3.22. The minimum absolute atomic E-state index is 0.141. The third kappa shape index (κ3) is 5.95. The zero-order chi connectivity index (χ0) is 20.7. The molecule has 3 rings (SSSR count). The Morgan fingerprint density at radius 2 is 1.66 bits per heavy atom. The highest BCUT2D eigenvalue weighted by Gasteiger charge is 2.17. The van der Waals surface area contributed by atoms with Gasteiger partial charge in [-0.15, -0.1) is 0 Å². The largest absolute Gasteiger partial charge is 0.497 e. The van der Waals surface area contributed by atoms with Crippen LogP contribution < -0.4 is 14.8 Å². The highest BCUT2D eigenvalue weighted by atomic mass is 32.2. The van der Waals surface area contributed by atoms with Crippen LogP contribution in [0.5, 0.6) is 5.75 Å². The minimum atomic E-state index is -3.61. The first-order valence-corrected chi connectivity index (χ1v) is 11.2. The van der Waals surface area contributed by atoms with Gasteiger partial charge in [-0.3, -0.25) is 0 Å². The van der Waals surface area contributed by atoms with Gasteiger partial charge in [0.1, 0.15) is 5.75 Å². The van der Waals surface area contributed by atoms with E-state index >= 15 is 0 Å². The Balaban J connectivity index is 1.52. The Labute approximate surface area is 172 Å². The number of methoxy groups -OCH3 is 1. The zero-order valence-corrected chi connectivity index (χ0v) is 17.4. The van der Waals surface area contributed by atoms with Gasteiger partial charge >= 0.3 is 6.03 Å². The van der Waals surface area contributed by atoms with Gasteiger partial charge in [-0.1, -0.05) is 12.1 Å². The first-order chi connectivity index (χ1) is 14.0. The van der Waals surface area contributed by atoms with Gasteiger partial charge < -0.3 is 15.0 Å². The lowest BCUT2D eigenvalue weighted by Crippen LogP contribution is -2.38. The van der Waals surface area contributed by atoms with Crippen molar-refractivity contribution in [1.82, 2.24) is 9.62 Å². The standard InChI is InChI=1S/C21H27N3O4S/c1-28-19-9-5-17(6-10-19)13-14-22-29(26,27)20-11-7-18(8-12-20)23-21(25)24-15-3-2-4-16-24/h5-12,22H,2-4,13-16H2,1H3,(H,23,25). The van der Waals surface area contributed by atoms with E-state index in [2.05, 4.69) is 10.0 Å². The first-order valence-electron chi connectivity index (χ1n) is 9.76. The molecule has 0 unspecified atom stereocenters. The quantitative estimate of drug-likeness (QED) is 0.724. The van der Waals surface area contributed by atoms with Gasteiger partial charge in [0.15, 0.2) is 0 Å². The number of piperidine rings is 1. The van der Waals surface area contributed by atoms with E-state index < -0.39 is 10.0 Å². The van der Waals surface area contributed by atoms with Gasteiger partial charge in [0.05, 0.1) is 12.0 Å². The smallest absolute Gasteiger partial charge is 0.321 e. The van der Waals surface area contributed by atoms with Crippen molar-refractivity contribution in [1.29, 1.82) is 0 Å². The second-order valence-electron chi connectivity index (χ2n) is 7.00. The molecular weight excluding hydrogens is 390 g/mol. The maximum atomic E-state index is 12.5. The number of hydrogen-bond donors (Lipinski definition) is 2. The Hall–Kier alpha value is -2.58. The fraction of sp³-hybridized carbons (Fsp3) is 0.381. The van der Waals surface area contributed by atoms with Gasteiger partial charge in [0, 0.05) is 25.3 Å². The summed E-state index contributed by atoms with van der Waals surface area (Å²) in [4.78, 5) is 14.2. The van der Waals surface area contributed by atoms with Gasteiger partial charge in [0.2, 0.25) is 10.0 Å². The van der Waals surface area contributed by atoms with Crippen LogP contribution in [0.4, 0.5) is 10.5 Å². The van der Waals surface area contributed by atoms with E-state index in [1.165, 1.54) is 12.1 Å². The lowest BCUT2D eigenvalue weighted by Gasteiger charge is -2.26. The number of carbonyl (C=O) groups is 1. The van der Waals surface area contributed by atoms with Gasteiger partial charge in [-0.25, -0.2) is 17.9 Å². The van der Waals surface area contributed by atoms with Crippen molar-refractivity contribution in [2.45, 2.75) is 30.6 Å². The van der Waals surface area contributed by atoms with Crippen LogP contribution in [0.3, 0.4) is 0 Å². The van der Waals surface area contributed by atoms with Crippen LogP contribution in [0, 0.1) is 0 Å². The Kier molecular flexibility index (Phi) is 7.11. The number of anilines is 1. The van der Waals surface area contributed by atoms with Crippen molar-refractivity contribution in [2.24, 2.45) is 0 Å². The SMILES string of the molecule is COc1ccc(CCNS(=O)(=O)c2ccc(NC(=O)N3CCCCC3)cc2)cc1. The Morgan fingerprint density at radius 3 is 2.28 bits per heavy atom. The predicted molar refractivity (Wildman–Crippen MR) is 113 cm³/mol. The summed E-state index contributed by atoms with van der Waals surface area (Å²) in [6, 6.07) is 13.6. The molecule has 1 heterocycles. The molecule has 0 saturated carbocycles. The average Bonchev–Trinajstić information content (AvgIpc) is 2.75. The molecule has 0 spiro atoms. The van der Waals surface area contributed by atoms with E-state index in [4.69, 9.17) is 4.74 Å². The molecule has 1 aliphatic rings. The topological polar surface area (TPSA) is 87.7 Å². The van der Waals surface area contributed by atoms with Crippen molar-refractivity contribution >= 4 is 21.7 Å². The van der Waals surface area contributed by atoms with Crippen molar-refractivity contribution in [2.75, 3.05) is 32.1 Å². The Bertz CT molecular complexity index is 906. The van der Waals surface area contributed by atoms with Crippen LogP contribution in [0.25, 0.3) is 0 Å². The van der Waals surface area contributed by atoms with Crippen molar-refractivity contribution in [3.63, 3.8) is 0 Å². The zero-order valence-electron chi connectivity index (χ0n) is 16.6. The van der Waals surface area contributed by atoms with E-state index in [-0.39, 0.29) is 10.9 Å². The summed E-state index contributed by atoms with van der Waals surface area (Å²) in [6.07, 6.45) is 3.77. The van der Waals surface area contributed by atoms with E-state index in [0.29, 0.717) is 18.7 Å². The Morgan fingerprint density at radius 1 is 1.00 bits per heavy atom.